The maximum absolute atomic E-state index is 11.9. The highest BCUT2D eigenvalue weighted by Crippen LogP contribution is 2.24. The predicted octanol–water partition coefficient (Wildman–Crippen LogP) is 3.10. The lowest BCUT2D eigenvalue weighted by Crippen LogP contribution is -2.15. The van der Waals surface area contributed by atoms with Crippen LogP contribution in [0, 0.1) is 6.92 Å². The van der Waals surface area contributed by atoms with Gasteiger partial charge in [0, 0.05) is 11.0 Å². The van der Waals surface area contributed by atoms with E-state index < -0.39 is 0 Å². The van der Waals surface area contributed by atoms with Crippen LogP contribution in [0.5, 0.6) is 0 Å². The van der Waals surface area contributed by atoms with Gasteiger partial charge in [-0.05, 0) is 47.5 Å². The zero-order valence-electron chi connectivity index (χ0n) is 11.3. The predicted molar refractivity (Wildman–Crippen MR) is 83.9 cm³/mol. The fourth-order valence-electron chi connectivity index (χ4n) is 1.61. The molecule has 0 aliphatic rings. The van der Waals surface area contributed by atoms with Crippen molar-refractivity contribution in [3.63, 3.8) is 0 Å². The first kappa shape index (κ1) is 15.1. The van der Waals surface area contributed by atoms with Crippen LogP contribution in [0.3, 0.4) is 0 Å². The summed E-state index contributed by atoms with van der Waals surface area (Å²) >= 11 is 4.82. The lowest BCUT2D eigenvalue weighted by atomic mass is 10.2. The van der Waals surface area contributed by atoms with Crippen LogP contribution in [0.1, 0.15) is 12.5 Å². The van der Waals surface area contributed by atoms with E-state index in [4.69, 9.17) is 0 Å². The number of carbonyl (C=O) groups is 1. The number of nitrogens with one attached hydrogen (secondary N) is 1. The number of anilines is 1. The number of halogens is 1. The summed E-state index contributed by atoms with van der Waals surface area (Å²) in [6.07, 6.45) is 1.66. The number of carbonyl (C=O) groups excluding carboxylic acids is 1. The summed E-state index contributed by atoms with van der Waals surface area (Å²) in [5.74, 6) is 0.240. The summed E-state index contributed by atoms with van der Waals surface area (Å²) < 4.78 is 2.78. The van der Waals surface area contributed by atoms with Crippen LogP contribution in [0.4, 0.5) is 5.69 Å². The molecule has 0 atom stereocenters. The van der Waals surface area contributed by atoms with E-state index in [0.29, 0.717) is 5.75 Å². The SMILES string of the molecule is CCn1cnnc1SCC(=O)Nc1ccc(C)cc1Br. The lowest BCUT2D eigenvalue weighted by molar-refractivity contribution is -0.113. The molecule has 0 unspecified atom stereocenters. The summed E-state index contributed by atoms with van der Waals surface area (Å²) in [4.78, 5) is 11.9. The van der Waals surface area contributed by atoms with Gasteiger partial charge < -0.3 is 9.88 Å². The molecule has 20 heavy (non-hydrogen) atoms. The van der Waals surface area contributed by atoms with E-state index in [1.54, 1.807) is 6.33 Å². The largest absolute Gasteiger partial charge is 0.324 e. The molecule has 1 N–H and O–H groups in total. The van der Waals surface area contributed by atoms with Gasteiger partial charge in [0.1, 0.15) is 6.33 Å². The van der Waals surface area contributed by atoms with Gasteiger partial charge in [0.15, 0.2) is 5.16 Å². The first-order valence-electron chi connectivity index (χ1n) is 6.16. The van der Waals surface area contributed by atoms with Crippen molar-refractivity contribution in [3.05, 3.63) is 34.6 Å². The average molecular weight is 355 g/mol. The molecule has 0 fully saturated rings. The Morgan fingerprint density at radius 3 is 3.00 bits per heavy atom. The van der Waals surface area contributed by atoms with Gasteiger partial charge >= 0.3 is 0 Å². The van der Waals surface area contributed by atoms with Crippen molar-refractivity contribution in [1.82, 2.24) is 14.8 Å². The first-order valence-corrected chi connectivity index (χ1v) is 7.94. The van der Waals surface area contributed by atoms with Gasteiger partial charge in [0.25, 0.3) is 0 Å². The molecule has 2 aromatic rings. The van der Waals surface area contributed by atoms with Gasteiger partial charge in [-0.3, -0.25) is 4.79 Å². The molecule has 1 heterocycles. The monoisotopic (exact) mass is 354 g/mol. The van der Waals surface area contributed by atoms with Crippen molar-refractivity contribution in [3.8, 4) is 0 Å². The van der Waals surface area contributed by atoms with Crippen LogP contribution < -0.4 is 5.32 Å². The molecule has 7 heteroatoms. The minimum atomic E-state index is -0.0646. The highest BCUT2D eigenvalue weighted by molar-refractivity contribution is 9.10. The first-order chi connectivity index (χ1) is 9.60. The van der Waals surface area contributed by atoms with E-state index in [1.165, 1.54) is 11.8 Å². The molecular formula is C13H15BrN4OS. The molecule has 0 saturated heterocycles. The second-order valence-corrected chi connectivity index (χ2v) is 6.02. The molecule has 0 aliphatic carbocycles. The van der Waals surface area contributed by atoms with Crippen molar-refractivity contribution in [2.24, 2.45) is 0 Å². The standard InChI is InChI=1S/C13H15BrN4OS/c1-3-18-8-15-17-13(18)20-7-12(19)16-11-5-4-9(2)6-10(11)14/h4-6,8H,3,7H2,1-2H3,(H,16,19). The number of hydrogen-bond acceptors (Lipinski definition) is 4. The molecule has 1 aromatic heterocycles. The van der Waals surface area contributed by atoms with Crippen LogP contribution in [0.25, 0.3) is 0 Å². The Balaban J connectivity index is 1.93. The number of aryl methyl sites for hydroxylation is 2. The number of rotatable bonds is 5. The van der Waals surface area contributed by atoms with Crippen LogP contribution in [-0.2, 0) is 11.3 Å². The molecule has 0 bridgehead atoms. The van der Waals surface area contributed by atoms with Gasteiger partial charge in [-0.2, -0.15) is 0 Å². The molecule has 106 valence electrons. The molecule has 0 spiro atoms. The number of benzene rings is 1. The van der Waals surface area contributed by atoms with E-state index in [2.05, 4.69) is 31.4 Å². The Labute approximate surface area is 130 Å². The smallest absolute Gasteiger partial charge is 0.234 e. The molecule has 1 aromatic carbocycles. The number of amides is 1. The van der Waals surface area contributed by atoms with Gasteiger partial charge in [-0.25, -0.2) is 0 Å². The Kier molecular flexibility index (Phi) is 5.19. The second kappa shape index (κ2) is 6.90. The zero-order valence-corrected chi connectivity index (χ0v) is 13.7. The Hall–Kier alpha value is -1.34. The van der Waals surface area contributed by atoms with Crippen molar-refractivity contribution < 1.29 is 4.79 Å². The normalized spacial score (nSPS) is 10.6. The van der Waals surface area contributed by atoms with Crippen LogP contribution >= 0.6 is 27.7 Å². The molecular weight excluding hydrogens is 340 g/mol. The average Bonchev–Trinajstić information content (AvgIpc) is 2.87. The van der Waals surface area contributed by atoms with Gasteiger partial charge in [0.05, 0.1) is 11.4 Å². The summed E-state index contributed by atoms with van der Waals surface area (Å²) in [6, 6.07) is 5.81. The molecule has 5 nitrogen and oxygen atoms in total. The molecule has 0 aliphatic heterocycles. The van der Waals surface area contributed by atoms with Crippen molar-refractivity contribution in [1.29, 1.82) is 0 Å². The number of hydrogen-bond donors (Lipinski definition) is 1. The number of thioether (sulfide) groups is 1. The van der Waals surface area contributed by atoms with E-state index in [9.17, 15) is 4.79 Å². The van der Waals surface area contributed by atoms with E-state index in [0.717, 1.165) is 27.4 Å². The van der Waals surface area contributed by atoms with Crippen molar-refractivity contribution in [2.75, 3.05) is 11.1 Å². The van der Waals surface area contributed by atoms with Gasteiger partial charge in [0.2, 0.25) is 5.91 Å². The number of aromatic nitrogens is 3. The fraction of sp³-hybridized carbons (Fsp3) is 0.308. The van der Waals surface area contributed by atoms with E-state index in [1.807, 2.05) is 36.6 Å². The molecule has 1 amide bonds. The molecule has 0 saturated carbocycles. The van der Waals surface area contributed by atoms with E-state index >= 15 is 0 Å². The van der Waals surface area contributed by atoms with Crippen molar-refractivity contribution in [2.45, 2.75) is 25.5 Å². The lowest BCUT2D eigenvalue weighted by Gasteiger charge is -2.08. The van der Waals surface area contributed by atoms with Crippen LogP contribution in [-0.4, -0.2) is 26.4 Å². The third kappa shape index (κ3) is 3.83. The molecule has 0 radical (unpaired) electrons. The Morgan fingerprint density at radius 1 is 1.50 bits per heavy atom. The summed E-state index contributed by atoms with van der Waals surface area (Å²) in [6.45, 7) is 4.81. The maximum atomic E-state index is 11.9. The zero-order chi connectivity index (χ0) is 14.5. The fourth-order valence-corrected chi connectivity index (χ4v) is 2.98. The summed E-state index contributed by atoms with van der Waals surface area (Å²) in [7, 11) is 0. The maximum Gasteiger partial charge on any atom is 0.234 e. The third-order valence-corrected chi connectivity index (χ3v) is 4.29. The van der Waals surface area contributed by atoms with Crippen LogP contribution in [0.15, 0.2) is 34.2 Å². The molecule has 2 rings (SSSR count). The minimum absolute atomic E-state index is 0.0646. The van der Waals surface area contributed by atoms with Gasteiger partial charge in [-0.15, -0.1) is 10.2 Å². The topological polar surface area (TPSA) is 59.8 Å². The highest BCUT2D eigenvalue weighted by Gasteiger charge is 2.09. The third-order valence-electron chi connectivity index (χ3n) is 2.65. The van der Waals surface area contributed by atoms with Gasteiger partial charge in [-0.1, -0.05) is 17.8 Å². The van der Waals surface area contributed by atoms with E-state index in [-0.39, 0.29) is 5.91 Å². The summed E-state index contributed by atoms with van der Waals surface area (Å²) in [5.41, 5.74) is 1.92. The second-order valence-electron chi connectivity index (χ2n) is 4.22. The summed E-state index contributed by atoms with van der Waals surface area (Å²) in [5, 5.41) is 11.4. The quantitative estimate of drug-likeness (QED) is 0.838. The minimum Gasteiger partial charge on any atom is -0.324 e. The van der Waals surface area contributed by atoms with Crippen molar-refractivity contribution >= 4 is 39.3 Å². The highest BCUT2D eigenvalue weighted by atomic mass is 79.9. The van der Waals surface area contributed by atoms with Crippen LogP contribution in [0.2, 0.25) is 0 Å². The Bertz CT molecular complexity index is 614. The Morgan fingerprint density at radius 2 is 2.30 bits per heavy atom. The number of nitrogens with zero attached hydrogens (tertiary/aromatic N) is 3.